The highest BCUT2D eigenvalue weighted by Crippen LogP contribution is 2.26. The molecule has 0 saturated carbocycles. The number of halogens is 1. The summed E-state index contributed by atoms with van der Waals surface area (Å²) >= 11 is 0. The van der Waals surface area contributed by atoms with E-state index in [4.69, 9.17) is 0 Å². The molecule has 1 amide bonds. The summed E-state index contributed by atoms with van der Waals surface area (Å²) in [5.41, 5.74) is 0.603. The van der Waals surface area contributed by atoms with Crippen molar-refractivity contribution in [1.82, 2.24) is 9.55 Å². The number of hydrogen-bond donors (Lipinski definition) is 2. The average Bonchev–Trinajstić information content (AvgIpc) is 2.74. The molecule has 0 aliphatic rings. The third kappa shape index (κ3) is 3.53. The average molecular weight is 403 g/mol. The lowest BCUT2D eigenvalue weighted by Gasteiger charge is -2.14. The second kappa shape index (κ2) is 7.79. The molecular formula is C23H18FN3O3. The summed E-state index contributed by atoms with van der Waals surface area (Å²) in [6.07, 6.45) is 1.51. The fraction of sp³-hybridized carbons (Fsp3) is 0.0870. The van der Waals surface area contributed by atoms with Gasteiger partial charge < -0.3 is 10.4 Å². The van der Waals surface area contributed by atoms with E-state index in [0.717, 1.165) is 11.6 Å². The summed E-state index contributed by atoms with van der Waals surface area (Å²) in [5.74, 6) is -1.77. The summed E-state index contributed by atoms with van der Waals surface area (Å²) < 4.78 is 15.2. The molecule has 0 unspecified atom stereocenters. The third-order valence-electron chi connectivity index (χ3n) is 4.83. The molecular weight excluding hydrogens is 385 g/mol. The predicted molar refractivity (Wildman–Crippen MR) is 112 cm³/mol. The minimum Gasteiger partial charge on any atom is -0.506 e. The second-order valence-electron chi connectivity index (χ2n) is 6.89. The zero-order valence-electron chi connectivity index (χ0n) is 16.1. The molecule has 0 atom stereocenters. The van der Waals surface area contributed by atoms with Crippen LogP contribution < -0.4 is 10.9 Å². The predicted octanol–water partition coefficient (Wildman–Crippen LogP) is 3.85. The second-order valence-corrected chi connectivity index (χ2v) is 6.89. The Morgan fingerprint density at radius 3 is 2.63 bits per heavy atom. The van der Waals surface area contributed by atoms with Crippen molar-refractivity contribution in [2.45, 2.75) is 13.5 Å². The van der Waals surface area contributed by atoms with E-state index in [1.807, 2.05) is 30.3 Å². The molecule has 0 saturated heterocycles. The van der Waals surface area contributed by atoms with Crippen LogP contribution in [-0.4, -0.2) is 20.6 Å². The maximum Gasteiger partial charge on any atom is 0.269 e. The van der Waals surface area contributed by atoms with Crippen molar-refractivity contribution in [3.8, 4) is 5.75 Å². The van der Waals surface area contributed by atoms with E-state index in [0.29, 0.717) is 5.56 Å². The topological polar surface area (TPSA) is 84.2 Å². The number of pyridine rings is 2. The first kappa shape index (κ1) is 19.3. The Labute approximate surface area is 171 Å². The minimum atomic E-state index is -0.826. The maximum absolute atomic E-state index is 13.8. The first-order valence-electron chi connectivity index (χ1n) is 9.27. The summed E-state index contributed by atoms with van der Waals surface area (Å²) in [4.78, 5) is 30.3. The van der Waals surface area contributed by atoms with Crippen LogP contribution >= 0.6 is 0 Å². The smallest absolute Gasteiger partial charge is 0.269 e. The van der Waals surface area contributed by atoms with Gasteiger partial charge in [0.1, 0.15) is 22.8 Å². The summed E-state index contributed by atoms with van der Waals surface area (Å²) in [5, 5.41) is 13.4. The highest BCUT2D eigenvalue weighted by molar-refractivity contribution is 6.08. The number of benzene rings is 2. The zero-order valence-corrected chi connectivity index (χ0v) is 16.1. The number of anilines is 1. The van der Waals surface area contributed by atoms with Crippen molar-refractivity contribution in [2.75, 3.05) is 5.32 Å². The van der Waals surface area contributed by atoms with E-state index >= 15 is 0 Å². The summed E-state index contributed by atoms with van der Waals surface area (Å²) in [7, 11) is 0. The SMILES string of the molecule is Cc1ccc(NC(=O)c2c(O)c3cccnc3n(Cc3ccccc3)c2=O)cc1F. The molecule has 0 aliphatic carbocycles. The van der Waals surface area contributed by atoms with E-state index in [-0.39, 0.29) is 23.3 Å². The van der Waals surface area contributed by atoms with Crippen LogP contribution in [0.4, 0.5) is 10.1 Å². The van der Waals surface area contributed by atoms with Crippen LogP contribution in [0.3, 0.4) is 0 Å². The van der Waals surface area contributed by atoms with E-state index in [9.17, 15) is 19.1 Å². The van der Waals surface area contributed by atoms with Crippen molar-refractivity contribution in [1.29, 1.82) is 0 Å². The molecule has 0 bridgehead atoms. The standard InChI is InChI=1S/C23H18FN3O3/c1-14-9-10-16(12-18(14)24)26-22(29)19-20(28)17-8-5-11-25-21(17)27(23(19)30)13-15-6-3-2-4-7-15/h2-12,28H,13H2,1H3,(H,26,29). The van der Waals surface area contributed by atoms with Gasteiger partial charge in [0.25, 0.3) is 11.5 Å². The Morgan fingerprint density at radius 2 is 1.90 bits per heavy atom. The molecule has 0 aliphatic heterocycles. The minimum absolute atomic E-state index is 0.174. The van der Waals surface area contributed by atoms with Crippen LogP contribution in [0, 0.1) is 12.7 Å². The lowest BCUT2D eigenvalue weighted by Crippen LogP contribution is -2.30. The molecule has 150 valence electrons. The Kier molecular flexibility index (Phi) is 5.02. The molecule has 7 heteroatoms. The van der Waals surface area contributed by atoms with Gasteiger partial charge in [-0.15, -0.1) is 0 Å². The van der Waals surface area contributed by atoms with E-state index in [2.05, 4.69) is 10.3 Å². The fourth-order valence-electron chi connectivity index (χ4n) is 3.25. The van der Waals surface area contributed by atoms with Crippen LogP contribution in [0.5, 0.6) is 5.75 Å². The Morgan fingerprint density at radius 1 is 1.13 bits per heavy atom. The molecule has 0 spiro atoms. The first-order chi connectivity index (χ1) is 14.5. The van der Waals surface area contributed by atoms with Gasteiger partial charge in [-0.2, -0.15) is 0 Å². The number of carbonyl (C=O) groups is 1. The number of aromatic nitrogens is 2. The number of nitrogens with one attached hydrogen (secondary N) is 1. The van der Waals surface area contributed by atoms with Crippen molar-refractivity contribution in [3.63, 3.8) is 0 Å². The van der Waals surface area contributed by atoms with Gasteiger partial charge in [0.2, 0.25) is 0 Å². The first-order valence-corrected chi connectivity index (χ1v) is 9.27. The van der Waals surface area contributed by atoms with Crippen LogP contribution in [0.1, 0.15) is 21.5 Å². The molecule has 4 rings (SSSR count). The largest absolute Gasteiger partial charge is 0.506 e. The summed E-state index contributed by atoms with van der Waals surface area (Å²) in [6, 6.07) is 16.6. The van der Waals surface area contributed by atoms with Gasteiger partial charge in [-0.05, 0) is 42.3 Å². The number of hydrogen-bond acceptors (Lipinski definition) is 4. The fourth-order valence-corrected chi connectivity index (χ4v) is 3.25. The highest BCUT2D eigenvalue weighted by atomic mass is 19.1. The summed E-state index contributed by atoms with van der Waals surface area (Å²) in [6.45, 7) is 1.78. The molecule has 2 N–H and O–H groups in total. The zero-order chi connectivity index (χ0) is 21.3. The van der Waals surface area contributed by atoms with Gasteiger partial charge >= 0.3 is 0 Å². The molecule has 2 aromatic carbocycles. The number of aromatic hydroxyl groups is 1. The van der Waals surface area contributed by atoms with E-state index in [1.165, 1.54) is 22.9 Å². The number of amides is 1. The lowest BCUT2D eigenvalue weighted by molar-refractivity contribution is 0.102. The number of carbonyl (C=O) groups excluding carboxylic acids is 1. The Hall–Kier alpha value is -4.00. The van der Waals surface area contributed by atoms with Gasteiger partial charge in [-0.3, -0.25) is 14.2 Å². The molecule has 2 aromatic heterocycles. The van der Waals surface area contributed by atoms with Crippen molar-refractivity contribution < 1.29 is 14.3 Å². The van der Waals surface area contributed by atoms with Crippen molar-refractivity contribution >= 4 is 22.6 Å². The van der Waals surface area contributed by atoms with Crippen LogP contribution in [0.2, 0.25) is 0 Å². The molecule has 4 aromatic rings. The van der Waals surface area contributed by atoms with Gasteiger partial charge in [-0.25, -0.2) is 9.37 Å². The molecule has 6 nitrogen and oxygen atoms in total. The van der Waals surface area contributed by atoms with E-state index in [1.54, 1.807) is 19.1 Å². The normalized spacial score (nSPS) is 10.9. The highest BCUT2D eigenvalue weighted by Gasteiger charge is 2.23. The van der Waals surface area contributed by atoms with Gasteiger partial charge in [0, 0.05) is 11.9 Å². The third-order valence-corrected chi connectivity index (χ3v) is 4.83. The van der Waals surface area contributed by atoms with Crippen molar-refractivity contribution in [2.24, 2.45) is 0 Å². The molecule has 0 fully saturated rings. The number of nitrogens with zero attached hydrogens (tertiary/aromatic N) is 2. The molecule has 2 heterocycles. The van der Waals surface area contributed by atoms with Crippen LogP contribution in [0.25, 0.3) is 11.0 Å². The van der Waals surface area contributed by atoms with Gasteiger partial charge in [0.15, 0.2) is 0 Å². The Balaban J connectivity index is 1.84. The van der Waals surface area contributed by atoms with Crippen LogP contribution in [-0.2, 0) is 6.54 Å². The monoisotopic (exact) mass is 403 g/mol. The Bertz CT molecular complexity index is 1320. The van der Waals surface area contributed by atoms with Crippen molar-refractivity contribution in [3.05, 3.63) is 99.7 Å². The number of rotatable bonds is 4. The van der Waals surface area contributed by atoms with Gasteiger partial charge in [0.05, 0.1) is 11.9 Å². The quantitative estimate of drug-likeness (QED) is 0.542. The molecule has 0 radical (unpaired) electrons. The number of aryl methyl sites for hydroxylation is 1. The maximum atomic E-state index is 13.8. The van der Waals surface area contributed by atoms with Gasteiger partial charge in [-0.1, -0.05) is 36.4 Å². The van der Waals surface area contributed by atoms with Crippen LogP contribution in [0.15, 0.2) is 71.7 Å². The number of fused-ring (bicyclic) bond motifs is 1. The lowest BCUT2D eigenvalue weighted by atomic mass is 10.1. The van der Waals surface area contributed by atoms with E-state index < -0.39 is 28.6 Å². The molecule has 30 heavy (non-hydrogen) atoms.